The molecule has 3 nitrogen and oxygen atoms in total. The fourth-order valence-electron chi connectivity index (χ4n) is 1.94. The summed E-state index contributed by atoms with van der Waals surface area (Å²) < 4.78 is 18.6. The zero-order chi connectivity index (χ0) is 14.5. The molecule has 0 spiro atoms. The minimum atomic E-state index is -0.609. The van der Waals surface area contributed by atoms with Gasteiger partial charge >= 0.3 is 0 Å². The van der Waals surface area contributed by atoms with Crippen LogP contribution >= 0.6 is 0 Å². The molecule has 104 valence electrons. The normalized spacial score (nSPS) is 13.9. The summed E-state index contributed by atoms with van der Waals surface area (Å²) in [6.07, 6.45) is 0.568. The molecule has 1 rings (SSSR count). The number of nitrogens with one attached hydrogen (secondary N) is 1. The van der Waals surface area contributed by atoms with Crippen LogP contribution in [0.2, 0.25) is 0 Å². The van der Waals surface area contributed by atoms with Crippen molar-refractivity contribution in [3.8, 4) is 11.8 Å². The van der Waals surface area contributed by atoms with Crippen molar-refractivity contribution in [3.05, 3.63) is 29.6 Å². The highest BCUT2D eigenvalue weighted by atomic mass is 19.1. The summed E-state index contributed by atoms with van der Waals surface area (Å²) in [5.41, 5.74) is 0.151. The number of hydrogen-bond donors (Lipinski definition) is 1. The van der Waals surface area contributed by atoms with E-state index in [1.54, 1.807) is 13.0 Å². The van der Waals surface area contributed by atoms with Gasteiger partial charge in [0, 0.05) is 12.5 Å². The summed E-state index contributed by atoms with van der Waals surface area (Å²) in [5, 5.41) is 12.4. The first-order valence-electron chi connectivity index (χ1n) is 6.44. The minimum absolute atomic E-state index is 0.234. The fraction of sp³-hybridized carbons (Fsp3) is 0.533. The van der Waals surface area contributed by atoms with Crippen molar-refractivity contribution in [1.82, 2.24) is 5.32 Å². The van der Waals surface area contributed by atoms with Gasteiger partial charge in [-0.1, -0.05) is 0 Å². The zero-order valence-corrected chi connectivity index (χ0v) is 12.0. The molecule has 1 atom stereocenters. The van der Waals surface area contributed by atoms with Gasteiger partial charge < -0.3 is 4.74 Å². The van der Waals surface area contributed by atoms with Gasteiger partial charge in [0.05, 0.1) is 12.7 Å². The summed E-state index contributed by atoms with van der Waals surface area (Å²) in [5.74, 6) is 0.388. The maximum absolute atomic E-state index is 12.9. The van der Waals surface area contributed by atoms with Crippen molar-refractivity contribution in [2.45, 2.75) is 45.7 Å². The largest absolute Gasteiger partial charge is 0.493 e. The summed E-state index contributed by atoms with van der Waals surface area (Å²) in [6.45, 7) is 8.07. The Morgan fingerprint density at radius 1 is 1.47 bits per heavy atom. The molecule has 1 unspecified atom stereocenters. The molecule has 1 N–H and O–H groups in total. The minimum Gasteiger partial charge on any atom is -0.493 e. The fourth-order valence-corrected chi connectivity index (χ4v) is 1.94. The molecule has 0 aliphatic carbocycles. The number of nitrogens with zero attached hydrogens (tertiary/aromatic N) is 1. The van der Waals surface area contributed by atoms with E-state index in [0.717, 1.165) is 5.56 Å². The molecule has 19 heavy (non-hydrogen) atoms. The van der Waals surface area contributed by atoms with Gasteiger partial charge in [0.15, 0.2) is 0 Å². The molecule has 4 heteroatoms. The van der Waals surface area contributed by atoms with Crippen LogP contribution in [0.1, 0.15) is 32.8 Å². The Kier molecular flexibility index (Phi) is 5.31. The molecule has 0 aliphatic rings. The van der Waals surface area contributed by atoms with Crippen LogP contribution in [0, 0.1) is 24.1 Å². The van der Waals surface area contributed by atoms with Gasteiger partial charge in [0.25, 0.3) is 0 Å². The molecule has 0 amide bonds. The Labute approximate surface area is 114 Å². The van der Waals surface area contributed by atoms with Crippen molar-refractivity contribution in [1.29, 1.82) is 5.26 Å². The van der Waals surface area contributed by atoms with E-state index >= 15 is 0 Å². The lowest BCUT2D eigenvalue weighted by Gasteiger charge is -2.25. The Bertz CT molecular complexity index is 468. The van der Waals surface area contributed by atoms with Crippen LogP contribution in [-0.2, 0) is 0 Å². The molecule has 0 saturated carbocycles. The number of rotatable bonds is 6. The third kappa shape index (κ3) is 4.88. The maximum Gasteiger partial charge on any atom is 0.123 e. The topological polar surface area (TPSA) is 45.0 Å². The van der Waals surface area contributed by atoms with Gasteiger partial charge in [-0.25, -0.2) is 4.39 Å². The summed E-state index contributed by atoms with van der Waals surface area (Å²) in [4.78, 5) is 0. The molecule has 0 radical (unpaired) electrons. The Morgan fingerprint density at radius 3 is 2.68 bits per heavy atom. The predicted octanol–water partition coefficient (Wildman–Crippen LogP) is 3.18. The van der Waals surface area contributed by atoms with Crippen molar-refractivity contribution in [2.75, 3.05) is 6.61 Å². The highest BCUT2D eigenvalue weighted by Gasteiger charge is 2.24. The van der Waals surface area contributed by atoms with Gasteiger partial charge in [-0.15, -0.1) is 0 Å². The van der Waals surface area contributed by atoms with Gasteiger partial charge in [-0.05, 0) is 51.5 Å². The van der Waals surface area contributed by atoms with Gasteiger partial charge in [-0.3, -0.25) is 5.32 Å². The third-order valence-corrected chi connectivity index (χ3v) is 2.85. The average Bonchev–Trinajstić information content (AvgIpc) is 2.31. The summed E-state index contributed by atoms with van der Waals surface area (Å²) >= 11 is 0. The second kappa shape index (κ2) is 6.53. The van der Waals surface area contributed by atoms with Crippen LogP contribution in [0.4, 0.5) is 4.39 Å². The average molecular weight is 264 g/mol. The lowest BCUT2D eigenvalue weighted by Crippen LogP contribution is -2.45. The molecular weight excluding hydrogens is 243 g/mol. The van der Waals surface area contributed by atoms with Crippen LogP contribution in [0.3, 0.4) is 0 Å². The van der Waals surface area contributed by atoms with E-state index in [0.29, 0.717) is 18.8 Å². The number of ether oxygens (including phenoxy) is 1. The first kappa shape index (κ1) is 15.5. The van der Waals surface area contributed by atoms with Crippen LogP contribution in [-0.4, -0.2) is 18.2 Å². The lowest BCUT2D eigenvalue weighted by molar-refractivity contribution is 0.258. The molecule has 1 aromatic carbocycles. The van der Waals surface area contributed by atoms with Crippen molar-refractivity contribution in [3.63, 3.8) is 0 Å². The molecular formula is C15H21FN2O. The molecule has 0 heterocycles. The lowest BCUT2D eigenvalue weighted by atomic mass is 9.99. The Balaban J connectivity index is 2.55. The SMILES string of the molecule is Cc1cc(F)ccc1OCCC(C)(C#N)NC(C)C. The Morgan fingerprint density at radius 2 is 2.16 bits per heavy atom. The van der Waals surface area contributed by atoms with E-state index in [9.17, 15) is 9.65 Å². The number of benzene rings is 1. The van der Waals surface area contributed by atoms with Crippen LogP contribution in [0.5, 0.6) is 5.75 Å². The standard InChI is InChI=1S/C15H21FN2O/c1-11(2)18-15(4,10-17)7-8-19-14-6-5-13(16)9-12(14)3/h5-6,9,11,18H,7-8H2,1-4H3. The molecule has 0 aromatic heterocycles. The van der Waals surface area contributed by atoms with Crippen molar-refractivity contribution >= 4 is 0 Å². The van der Waals surface area contributed by atoms with Gasteiger partial charge in [-0.2, -0.15) is 5.26 Å². The monoisotopic (exact) mass is 264 g/mol. The quantitative estimate of drug-likeness (QED) is 0.858. The van der Waals surface area contributed by atoms with Gasteiger partial charge in [0.2, 0.25) is 0 Å². The smallest absolute Gasteiger partial charge is 0.123 e. The first-order valence-corrected chi connectivity index (χ1v) is 6.44. The highest BCUT2D eigenvalue weighted by Crippen LogP contribution is 2.19. The molecule has 0 fully saturated rings. The summed E-state index contributed by atoms with van der Waals surface area (Å²) in [7, 11) is 0. The predicted molar refractivity (Wildman–Crippen MR) is 73.5 cm³/mol. The van der Waals surface area contributed by atoms with Gasteiger partial charge in [0.1, 0.15) is 17.1 Å². The van der Waals surface area contributed by atoms with E-state index in [1.807, 2.05) is 20.8 Å². The number of hydrogen-bond acceptors (Lipinski definition) is 3. The number of aryl methyl sites for hydroxylation is 1. The first-order chi connectivity index (χ1) is 8.86. The maximum atomic E-state index is 12.9. The summed E-state index contributed by atoms with van der Waals surface area (Å²) in [6, 6.07) is 6.93. The molecule has 1 aromatic rings. The van der Waals surface area contributed by atoms with Crippen LogP contribution in [0.25, 0.3) is 0 Å². The van der Waals surface area contributed by atoms with Crippen molar-refractivity contribution < 1.29 is 9.13 Å². The Hall–Kier alpha value is -1.60. The third-order valence-electron chi connectivity index (χ3n) is 2.85. The van der Waals surface area contributed by atoms with Crippen LogP contribution in [0.15, 0.2) is 18.2 Å². The van der Waals surface area contributed by atoms with Crippen LogP contribution < -0.4 is 10.1 Å². The van der Waals surface area contributed by atoms with Crippen molar-refractivity contribution in [2.24, 2.45) is 0 Å². The zero-order valence-electron chi connectivity index (χ0n) is 12.0. The number of halogens is 1. The van der Waals surface area contributed by atoms with E-state index in [2.05, 4.69) is 11.4 Å². The number of nitriles is 1. The second-order valence-corrected chi connectivity index (χ2v) is 5.25. The highest BCUT2D eigenvalue weighted by molar-refractivity contribution is 5.32. The molecule has 0 aliphatic heterocycles. The molecule has 0 bridgehead atoms. The second-order valence-electron chi connectivity index (χ2n) is 5.25. The molecule has 0 saturated heterocycles. The van der Waals surface area contributed by atoms with E-state index in [1.165, 1.54) is 12.1 Å². The van der Waals surface area contributed by atoms with E-state index < -0.39 is 5.54 Å². The van der Waals surface area contributed by atoms with E-state index in [-0.39, 0.29) is 11.9 Å². The van der Waals surface area contributed by atoms with E-state index in [4.69, 9.17) is 4.74 Å².